The smallest absolute Gasteiger partial charge is 0.322 e. The van der Waals surface area contributed by atoms with Gasteiger partial charge in [-0.25, -0.2) is 14.8 Å². The predicted molar refractivity (Wildman–Crippen MR) is 148 cm³/mol. The molecule has 1 atom stereocenters. The summed E-state index contributed by atoms with van der Waals surface area (Å²) in [6, 6.07) is 15.0. The number of aromatic nitrogens is 2. The maximum atomic E-state index is 13.5. The van der Waals surface area contributed by atoms with Crippen molar-refractivity contribution >= 4 is 29.1 Å². The molecular formula is C29H32N6O4. The number of methoxy groups -OCH3 is 1. The molecule has 6 rings (SSSR count). The average molecular weight is 529 g/mol. The van der Waals surface area contributed by atoms with Crippen LogP contribution < -0.4 is 19.9 Å². The van der Waals surface area contributed by atoms with Gasteiger partial charge >= 0.3 is 6.03 Å². The molecular weight excluding hydrogens is 496 g/mol. The van der Waals surface area contributed by atoms with Crippen molar-refractivity contribution in [3.63, 3.8) is 0 Å². The molecule has 2 N–H and O–H groups in total. The molecule has 10 heteroatoms. The normalized spacial score (nSPS) is 19.3. The Morgan fingerprint density at radius 3 is 2.69 bits per heavy atom. The molecule has 202 valence electrons. The van der Waals surface area contributed by atoms with Gasteiger partial charge in [0.1, 0.15) is 23.6 Å². The zero-order valence-electron chi connectivity index (χ0n) is 21.9. The number of ether oxygens (including phenoxy) is 1. The molecule has 1 aromatic heterocycles. The van der Waals surface area contributed by atoms with E-state index in [1.165, 1.54) is 6.33 Å². The van der Waals surface area contributed by atoms with Gasteiger partial charge in [-0.2, -0.15) is 0 Å². The van der Waals surface area contributed by atoms with Crippen molar-refractivity contribution in [2.75, 3.05) is 48.5 Å². The number of fused-ring (bicyclic) bond motifs is 2. The molecule has 0 bridgehead atoms. The maximum Gasteiger partial charge on any atom is 0.322 e. The van der Waals surface area contributed by atoms with Crippen LogP contribution in [0.15, 0.2) is 54.9 Å². The number of rotatable bonds is 5. The Bertz CT molecular complexity index is 1390. The number of amides is 3. The van der Waals surface area contributed by atoms with Gasteiger partial charge in [-0.15, -0.1) is 0 Å². The third-order valence-corrected chi connectivity index (χ3v) is 8.04. The molecule has 2 aromatic carbocycles. The Morgan fingerprint density at radius 2 is 1.90 bits per heavy atom. The minimum absolute atomic E-state index is 0.0726. The monoisotopic (exact) mass is 528 g/mol. The number of para-hydroxylation sites is 1. The Hall–Kier alpha value is -4.18. The van der Waals surface area contributed by atoms with Gasteiger partial charge in [-0.1, -0.05) is 18.2 Å². The van der Waals surface area contributed by atoms with E-state index in [1.807, 2.05) is 47.4 Å². The fourth-order valence-electron chi connectivity index (χ4n) is 5.95. The minimum atomic E-state index is -0.309. The minimum Gasteiger partial charge on any atom is -0.497 e. The highest BCUT2D eigenvalue weighted by Gasteiger charge is 2.35. The largest absolute Gasteiger partial charge is 0.497 e. The summed E-state index contributed by atoms with van der Waals surface area (Å²) in [5.74, 6) is 1.24. The number of anilines is 3. The Morgan fingerprint density at radius 1 is 1.08 bits per heavy atom. The van der Waals surface area contributed by atoms with E-state index in [0.29, 0.717) is 37.6 Å². The number of hydrogen-bond acceptors (Lipinski definition) is 7. The number of nitrogens with zero attached hydrogens (tertiary/aromatic N) is 5. The SMILES string of the molecule is COc1ccc2c(c1)CCN(C1CCN(c3cc(C(=O)N4c5ccccc5CC4CO)ncn3)CC1)C(=O)N2. The van der Waals surface area contributed by atoms with Crippen LogP contribution in [0, 0.1) is 0 Å². The van der Waals surface area contributed by atoms with Gasteiger partial charge < -0.3 is 29.9 Å². The quantitative estimate of drug-likeness (QED) is 0.524. The van der Waals surface area contributed by atoms with Crippen LogP contribution in [0.5, 0.6) is 5.75 Å². The molecule has 3 aromatic rings. The molecule has 3 amide bonds. The number of aliphatic hydroxyl groups excluding tert-OH is 1. The number of aliphatic hydroxyl groups is 1. The first-order chi connectivity index (χ1) is 19.1. The molecule has 3 aliphatic heterocycles. The van der Waals surface area contributed by atoms with Crippen LogP contribution in [0.1, 0.15) is 34.5 Å². The first kappa shape index (κ1) is 25.1. The molecule has 0 spiro atoms. The van der Waals surface area contributed by atoms with E-state index in [1.54, 1.807) is 18.1 Å². The summed E-state index contributed by atoms with van der Waals surface area (Å²) < 4.78 is 5.35. The zero-order valence-corrected chi connectivity index (χ0v) is 21.9. The number of hydrogen-bond donors (Lipinski definition) is 2. The van der Waals surface area contributed by atoms with E-state index in [9.17, 15) is 14.7 Å². The molecule has 0 radical (unpaired) electrons. The van der Waals surface area contributed by atoms with Gasteiger partial charge in [-0.05, 0) is 61.1 Å². The van der Waals surface area contributed by atoms with E-state index in [0.717, 1.165) is 47.5 Å². The van der Waals surface area contributed by atoms with Gasteiger partial charge in [0.05, 0.1) is 19.8 Å². The summed E-state index contributed by atoms with van der Waals surface area (Å²) in [5, 5.41) is 13.0. The summed E-state index contributed by atoms with van der Waals surface area (Å²) in [7, 11) is 1.64. The fraction of sp³-hybridized carbons (Fsp3) is 0.379. The number of carbonyl (C=O) groups is 2. The van der Waals surface area contributed by atoms with Crippen molar-refractivity contribution in [1.82, 2.24) is 14.9 Å². The van der Waals surface area contributed by atoms with Gasteiger partial charge in [0.25, 0.3) is 5.91 Å². The van der Waals surface area contributed by atoms with Gasteiger partial charge in [-0.3, -0.25) is 4.79 Å². The lowest BCUT2D eigenvalue weighted by Crippen LogP contribution is -2.49. The molecule has 1 unspecified atom stereocenters. The summed E-state index contributed by atoms with van der Waals surface area (Å²) in [6.45, 7) is 1.96. The second kappa shape index (κ2) is 10.5. The Balaban J connectivity index is 1.13. The summed E-state index contributed by atoms with van der Waals surface area (Å²) in [5.41, 5.74) is 4.07. The van der Waals surface area contributed by atoms with Crippen molar-refractivity contribution in [3.8, 4) is 5.75 Å². The summed E-state index contributed by atoms with van der Waals surface area (Å²) >= 11 is 0. The van der Waals surface area contributed by atoms with E-state index < -0.39 is 0 Å². The van der Waals surface area contributed by atoms with Gasteiger partial charge in [0, 0.05) is 43.1 Å². The first-order valence-corrected chi connectivity index (χ1v) is 13.4. The van der Waals surface area contributed by atoms with E-state index in [2.05, 4.69) is 20.2 Å². The molecule has 0 saturated carbocycles. The zero-order chi connectivity index (χ0) is 26.9. The number of nitrogens with one attached hydrogen (secondary N) is 1. The van der Waals surface area contributed by atoms with Crippen LogP contribution in [0.3, 0.4) is 0 Å². The Kier molecular flexibility index (Phi) is 6.78. The van der Waals surface area contributed by atoms with Crippen LogP contribution in [-0.4, -0.2) is 77.3 Å². The van der Waals surface area contributed by atoms with Crippen molar-refractivity contribution < 1.29 is 19.4 Å². The summed E-state index contributed by atoms with van der Waals surface area (Å²) in [6.07, 6.45) is 4.40. The number of carbonyl (C=O) groups excluding carboxylic acids is 2. The van der Waals surface area contributed by atoms with Gasteiger partial charge in [0.2, 0.25) is 0 Å². The molecule has 1 saturated heterocycles. The Labute approximate surface area is 227 Å². The molecule has 1 fully saturated rings. The van der Waals surface area contributed by atoms with Crippen molar-refractivity contribution in [2.24, 2.45) is 0 Å². The lowest BCUT2D eigenvalue weighted by molar-refractivity contribution is 0.0963. The second-order valence-corrected chi connectivity index (χ2v) is 10.2. The molecule has 4 heterocycles. The van der Waals surface area contributed by atoms with E-state index in [-0.39, 0.29) is 30.6 Å². The fourth-order valence-corrected chi connectivity index (χ4v) is 5.95. The maximum absolute atomic E-state index is 13.5. The molecule has 10 nitrogen and oxygen atoms in total. The number of piperidine rings is 1. The highest BCUT2D eigenvalue weighted by Crippen LogP contribution is 2.33. The standard InChI is InChI=1S/C29H32N6O4/c1-39-23-6-7-24-19(15-23)8-13-34(29(38)32-24)21-9-11-33(12-10-21)27-16-25(30-18-31-27)28(37)35-22(17-36)14-20-4-2-3-5-26(20)35/h2-7,15-16,18,21-22,36H,8-14,17H2,1H3,(H,32,38). The number of benzene rings is 2. The highest BCUT2D eigenvalue weighted by molar-refractivity contribution is 6.07. The summed E-state index contributed by atoms with van der Waals surface area (Å²) in [4.78, 5) is 41.1. The second-order valence-electron chi connectivity index (χ2n) is 10.2. The van der Waals surface area contributed by atoms with E-state index >= 15 is 0 Å². The predicted octanol–water partition coefficient (Wildman–Crippen LogP) is 3.11. The van der Waals surface area contributed by atoms with Crippen molar-refractivity contribution in [3.05, 3.63) is 71.7 Å². The van der Waals surface area contributed by atoms with Gasteiger partial charge in [0.15, 0.2) is 0 Å². The number of urea groups is 1. The van der Waals surface area contributed by atoms with Crippen molar-refractivity contribution in [1.29, 1.82) is 0 Å². The first-order valence-electron chi connectivity index (χ1n) is 13.4. The van der Waals surface area contributed by atoms with Crippen LogP contribution in [-0.2, 0) is 12.8 Å². The van der Waals surface area contributed by atoms with Crippen LogP contribution in [0.25, 0.3) is 0 Å². The molecule has 0 aliphatic carbocycles. The van der Waals surface area contributed by atoms with Crippen LogP contribution >= 0.6 is 0 Å². The lowest BCUT2D eigenvalue weighted by atomic mass is 10.0. The lowest BCUT2D eigenvalue weighted by Gasteiger charge is -2.38. The molecule has 39 heavy (non-hydrogen) atoms. The van der Waals surface area contributed by atoms with Crippen molar-refractivity contribution in [2.45, 2.75) is 37.8 Å². The van der Waals surface area contributed by atoms with Crippen LogP contribution in [0.2, 0.25) is 0 Å². The third-order valence-electron chi connectivity index (χ3n) is 8.04. The third kappa shape index (κ3) is 4.76. The average Bonchev–Trinajstić information content (AvgIpc) is 3.28. The van der Waals surface area contributed by atoms with Crippen LogP contribution in [0.4, 0.5) is 22.0 Å². The molecule has 3 aliphatic rings. The highest BCUT2D eigenvalue weighted by atomic mass is 16.5. The van der Waals surface area contributed by atoms with E-state index in [4.69, 9.17) is 4.74 Å². The topological polar surface area (TPSA) is 111 Å².